The average Bonchev–Trinajstić information content (AvgIpc) is 3.52. The van der Waals surface area contributed by atoms with Crippen LogP contribution in [0.5, 0.6) is 0 Å². The van der Waals surface area contributed by atoms with Gasteiger partial charge >= 0.3 is 0 Å². The number of rotatable bonds is 10. The predicted molar refractivity (Wildman–Crippen MR) is 148 cm³/mol. The van der Waals surface area contributed by atoms with Crippen molar-refractivity contribution in [3.63, 3.8) is 0 Å². The number of carbonyl (C=O) groups excluding carboxylic acids is 2. The van der Waals surface area contributed by atoms with Gasteiger partial charge in [0.05, 0.1) is 24.1 Å². The average molecular weight is 630 g/mol. The van der Waals surface area contributed by atoms with E-state index < -0.39 is 55.0 Å². The molecule has 44 heavy (non-hydrogen) atoms. The van der Waals surface area contributed by atoms with Crippen molar-refractivity contribution in [1.82, 2.24) is 35.2 Å². The summed E-state index contributed by atoms with van der Waals surface area (Å²) in [7, 11) is 1.85. The first kappa shape index (κ1) is 32.0. The molecule has 15 heteroatoms. The van der Waals surface area contributed by atoms with Crippen molar-refractivity contribution in [2.24, 2.45) is 11.8 Å². The summed E-state index contributed by atoms with van der Waals surface area (Å²) < 4.78 is 83.8. The SMILES string of the molecule is CC(C)N1C(C(=O)N[C@H](c2cn3ncc([C@@H](NC(=O)CC4CC(F)(F)C4)C(F)F)cc3n2)C2CCC(F)(F)CC2)=CCN1C. The van der Waals surface area contributed by atoms with Gasteiger partial charge in [0, 0.05) is 57.3 Å². The van der Waals surface area contributed by atoms with Gasteiger partial charge < -0.3 is 10.6 Å². The largest absolute Gasteiger partial charge is 0.343 e. The number of amides is 2. The molecule has 2 aromatic rings. The molecule has 1 aliphatic heterocycles. The summed E-state index contributed by atoms with van der Waals surface area (Å²) in [6.45, 7) is 4.41. The van der Waals surface area contributed by atoms with E-state index in [2.05, 4.69) is 20.7 Å². The van der Waals surface area contributed by atoms with E-state index in [0.29, 0.717) is 17.9 Å². The Morgan fingerprint density at radius 2 is 1.75 bits per heavy atom. The van der Waals surface area contributed by atoms with E-state index in [1.165, 1.54) is 16.8 Å². The lowest BCUT2D eigenvalue weighted by atomic mass is 9.79. The second kappa shape index (κ2) is 12.2. The molecule has 2 aromatic heterocycles. The Labute approximate surface area is 251 Å². The lowest BCUT2D eigenvalue weighted by Crippen LogP contribution is -2.45. The smallest absolute Gasteiger partial charge is 0.269 e. The molecule has 9 nitrogen and oxygen atoms in total. The number of hydrogen-bond acceptors (Lipinski definition) is 6. The third-order valence-corrected chi connectivity index (χ3v) is 8.66. The van der Waals surface area contributed by atoms with E-state index >= 15 is 0 Å². The van der Waals surface area contributed by atoms with Gasteiger partial charge in [0.15, 0.2) is 5.65 Å². The van der Waals surface area contributed by atoms with E-state index in [0.717, 1.165) is 6.20 Å². The van der Waals surface area contributed by atoms with Crippen molar-refractivity contribution in [2.75, 3.05) is 13.6 Å². The molecule has 3 aliphatic rings. The van der Waals surface area contributed by atoms with Gasteiger partial charge in [-0.2, -0.15) is 5.10 Å². The van der Waals surface area contributed by atoms with Gasteiger partial charge in [-0.3, -0.25) is 14.6 Å². The highest BCUT2D eigenvalue weighted by Gasteiger charge is 2.46. The quantitative estimate of drug-likeness (QED) is 0.359. The lowest BCUT2D eigenvalue weighted by molar-refractivity contribution is -0.135. The summed E-state index contributed by atoms with van der Waals surface area (Å²) >= 11 is 0. The first-order chi connectivity index (χ1) is 20.6. The molecule has 0 radical (unpaired) electrons. The third-order valence-electron chi connectivity index (χ3n) is 8.66. The van der Waals surface area contributed by atoms with E-state index in [-0.39, 0.29) is 61.2 Å². The number of halogens is 6. The fraction of sp³-hybridized carbons (Fsp3) is 0.655. The topological polar surface area (TPSA) is 94.9 Å². The van der Waals surface area contributed by atoms with E-state index in [4.69, 9.17) is 0 Å². The summed E-state index contributed by atoms with van der Waals surface area (Å²) in [5.74, 6) is -7.70. The Morgan fingerprint density at radius 3 is 2.36 bits per heavy atom. The first-order valence-corrected chi connectivity index (χ1v) is 14.8. The molecule has 0 aromatic carbocycles. The third kappa shape index (κ3) is 6.97. The van der Waals surface area contributed by atoms with Gasteiger partial charge in [-0.15, -0.1) is 0 Å². The van der Waals surface area contributed by atoms with Gasteiger partial charge in [-0.1, -0.05) is 0 Å². The van der Waals surface area contributed by atoms with Crippen LogP contribution < -0.4 is 10.6 Å². The molecule has 0 spiro atoms. The molecule has 2 saturated carbocycles. The zero-order valence-electron chi connectivity index (χ0n) is 24.8. The minimum atomic E-state index is -3.02. The van der Waals surface area contributed by atoms with Gasteiger partial charge in [0.25, 0.3) is 12.3 Å². The maximum Gasteiger partial charge on any atom is 0.269 e. The van der Waals surface area contributed by atoms with Crippen LogP contribution in [0.15, 0.2) is 30.2 Å². The molecule has 3 heterocycles. The van der Waals surface area contributed by atoms with Gasteiger partial charge in [-0.25, -0.2) is 40.9 Å². The molecule has 5 rings (SSSR count). The second-order valence-corrected chi connectivity index (χ2v) is 12.5. The van der Waals surface area contributed by atoms with Crippen LogP contribution in [-0.4, -0.2) is 74.3 Å². The fourth-order valence-corrected chi connectivity index (χ4v) is 6.44. The maximum atomic E-state index is 14.0. The molecule has 2 atom stereocenters. The molecule has 2 fully saturated rings. The lowest BCUT2D eigenvalue weighted by Gasteiger charge is -2.35. The summed E-state index contributed by atoms with van der Waals surface area (Å²) in [5.41, 5.74) is 0.880. The number of imidazole rings is 1. The Hall–Kier alpha value is -3.36. The second-order valence-electron chi connectivity index (χ2n) is 12.5. The molecule has 2 amide bonds. The van der Waals surface area contributed by atoms with Crippen molar-refractivity contribution in [2.45, 2.75) is 95.2 Å². The van der Waals surface area contributed by atoms with Gasteiger partial charge in [0.1, 0.15) is 11.7 Å². The molecule has 0 unspecified atom stereocenters. The van der Waals surface area contributed by atoms with Crippen LogP contribution in [0.4, 0.5) is 26.3 Å². The number of hydrogen-bond donors (Lipinski definition) is 2. The summed E-state index contributed by atoms with van der Waals surface area (Å²) in [6, 6.07) is -1.18. The standard InChI is InChI=1S/C29H37F6N7O2/c1-16(2)42-21(6-9-40(42)3)27(44)39-24(18-4-7-28(32,33)8-5-18)20-15-41-22(37-20)11-19(14-36-41)25(26(30)31)38-23(43)10-17-12-29(34,35)13-17/h6,11,14-18,24-26H,4-5,7-10,12-13H2,1-3H3,(H,38,43)(H,39,44)/t24-,25+/m0/s1. The number of likely N-dealkylation sites (N-methyl/N-ethyl adjacent to an activating group) is 1. The number of hydrazine groups is 1. The highest BCUT2D eigenvalue weighted by molar-refractivity contribution is 5.93. The minimum absolute atomic E-state index is 0.0120. The normalized spacial score (nSPS) is 22.2. The Balaban J connectivity index is 1.38. The summed E-state index contributed by atoms with van der Waals surface area (Å²) in [5, 5.41) is 13.2. The number of carbonyl (C=O) groups is 2. The molecule has 0 saturated heterocycles. The number of nitrogens with zero attached hydrogens (tertiary/aromatic N) is 5. The van der Waals surface area contributed by atoms with E-state index in [9.17, 15) is 35.9 Å². The molecular formula is C29H37F6N7O2. The Morgan fingerprint density at radius 1 is 1.07 bits per heavy atom. The van der Waals surface area contributed by atoms with Crippen molar-refractivity contribution < 1.29 is 35.9 Å². The van der Waals surface area contributed by atoms with Gasteiger partial charge in [-0.05, 0) is 50.7 Å². The monoisotopic (exact) mass is 629 g/mol. The number of nitrogens with one attached hydrogen (secondary N) is 2. The predicted octanol–water partition coefficient (Wildman–Crippen LogP) is 5.02. The van der Waals surface area contributed by atoms with Crippen molar-refractivity contribution >= 4 is 17.5 Å². The van der Waals surface area contributed by atoms with Crippen molar-refractivity contribution in [3.8, 4) is 0 Å². The van der Waals surface area contributed by atoms with Crippen LogP contribution in [0.3, 0.4) is 0 Å². The molecule has 242 valence electrons. The zero-order valence-corrected chi connectivity index (χ0v) is 24.8. The minimum Gasteiger partial charge on any atom is -0.343 e. The number of fused-ring (bicyclic) bond motifs is 1. The number of alkyl halides is 6. The summed E-state index contributed by atoms with van der Waals surface area (Å²) in [4.78, 5) is 30.5. The maximum absolute atomic E-state index is 14.0. The van der Waals surface area contributed by atoms with Crippen LogP contribution in [0.25, 0.3) is 5.65 Å². The molecule has 0 bridgehead atoms. The molecular weight excluding hydrogens is 592 g/mol. The highest BCUT2D eigenvalue weighted by atomic mass is 19.3. The Bertz CT molecular complexity index is 1400. The van der Waals surface area contributed by atoms with Crippen LogP contribution in [-0.2, 0) is 9.59 Å². The molecule has 2 aliphatic carbocycles. The number of aromatic nitrogens is 3. The van der Waals surface area contributed by atoms with Crippen LogP contribution in [0, 0.1) is 11.8 Å². The van der Waals surface area contributed by atoms with Crippen LogP contribution >= 0.6 is 0 Å². The van der Waals surface area contributed by atoms with Crippen molar-refractivity contribution in [3.05, 3.63) is 41.5 Å². The van der Waals surface area contributed by atoms with Gasteiger partial charge in [0.2, 0.25) is 17.8 Å². The van der Waals surface area contributed by atoms with Crippen LogP contribution in [0.1, 0.15) is 82.1 Å². The summed E-state index contributed by atoms with van der Waals surface area (Å²) in [6.07, 6.45) is -0.131. The van der Waals surface area contributed by atoms with E-state index in [1.807, 2.05) is 30.9 Å². The Kier molecular flexibility index (Phi) is 8.89. The first-order valence-electron chi connectivity index (χ1n) is 14.8. The highest BCUT2D eigenvalue weighted by Crippen LogP contribution is 2.44. The fourth-order valence-electron chi connectivity index (χ4n) is 6.44. The van der Waals surface area contributed by atoms with Crippen molar-refractivity contribution in [1.29, 1.82) is 0 Å². The zero-order chi connectivity index (χ0) is 32.0. The molecule has 2 N–H and O–H groups in total. The van der Waals surface area contributed by atoms with E-state index in [1.54, 1.807) is 6.08 Å². The van der Waals surface area contributed by atoms with Crippen LogP contribution in [0.2, 0.25) is 0 Å².